The van der Waals surface area contributed by atoms with Gasteiger partial charge in [-0.15, -0.1) is 0 Å². The van der Waals surface area contributed by atoms with Crippen LogP contribution in [-0.4, -0.2) is 84.8 Å². The van der Waals surface area contributed by atoms with Gasteiger partial charge in [0.15, 0.2) is 10.7 Å². The highest BCUT2D eigenvalue weighted by molar-refractivity contribution is 7.90. The van der Waals surface area contributed by atoms with Gasteiger partial charge in [0, 0.05) is 43.5 Å². The Morgan fingerprint density at radius 2 is 2.03 bits per heavy atom. The van der Waals surface area contributed by atoms with Gasteiger partial charge in [0.1, 0.15) is 0 Å². The van der Waals surface area contributed by atoms with E-state index in [4.69, 9.17) is 9.84 Å². The van der Waals surface area contributed by atoms with Gasteiger partial charge >= 0.3 is 0 Å². The van der Waals surface area contributed by atoms with E-state index in [9.17, 15) is 13.2 Å². The monoisotopic (exact) mass is 473 g/mol. The van der Waals surface area contributed by atoms with Crippen molar-refractivity contribution >= 4 is 15.7 Å². The van der Waals surface area contributed by atoms with Crippen LogP contribution in [0.3, 0.4) is 0 Å². The third-order valence-corrected chi connectivity index (χ3v) is 8.20. The molecule has 1 amide bonds. The van der Waals surface area contributed by atoms with E-state index in [1.807, 2.05) is 4.68 Å². The number of pyridine rings is 1. The molecule has 178 valence electrons. The van der Waals surface area contributed by atoms with Gasteiger partial charge in [0.25, 0.3) is 5.91 Å². The number of likely N-dealkylation sites (tertiary alicyclic amines) is 1. The lowest BCUT2D eigenvalue weighted by molar-refractivity contribution is 0.0297. The molecule has 3 aliphatic rings. The van der Waals surface area contributed by atoms with Gasteiger partial charge in [-0.25, -0.2) is 13.4 Å². The van der Waals surface area contributed by atoms with Crippen molar-refractivity contribution in [2.45, 2.75) is 43.5 Å². The predicted octanol–water partition coefficient (Wildman–Crippen LogP) is 2.00. The molecule has 1 atom stereocenters. The number of carbonyl (C=O) groups is 1. The summed E-state index contributed by atoms with van der Waals surface area (Å²) in [7, 11) is -3.66. The average molecular weight is 474 g/mol. The molecular weight excluding hydrogens is 442 g/mol. The Hall–Kier alpha value is -2.30. The number of aromatic nitrogens is 3. The number of carbonyl (C=O) groups excluding carboxylic acids is 1. The fourth-order valence-corrected chi connectivity index (χ4v) is 6.75. The first-order chi connectivity index (χ1) is 15.8. The third-order valence-electron chi connectivity index (χ3n) is 6.61. The zero-order valence-corrected chi connectivity index (χ0v) is 20.1. The molecule has 2 fully saturated rings. The second-order valence-electron chi connectivity index (χ2n) is 9.59. The molecule has 0 aromatic carbocycles. The molecule has 5 rings (SSSR count). The molecule has 0 unspecified atom stereocenters. The summed E-state index contributed by atoms with van der Waals surface area (Å²) in [5, 5.41) is 4.92. The lowest BCUT2D eigenvalue weighted by Crippen LogP contribution is -2.41. The van der Waals surface area contributed by atoms with E-state index in [-0.39, 0.29) is 28.4 Å². The van der Waals surface area contributed by atoms with E-state index in [1.165, 1.54) is 6.20 Å². The Morgan fingerprint density at radius 3 is 2.79 bits per heavy atom. The zero-order valence-electron chi connectivity index (χ0n) is 19.2. The zero-order chi connectivity index (χ0) is 23.2. The Balaban J connectivity index is 1.62. The van der Waals surface area contributed by atoms with Crippen molar-refractivity contribution in [3.63, 3.8) is 0 Å². The molecule has 0 aliphatic carbocycles. The molecule has 0 bridgehead atoms. The first kappa shape index (κ1) is 22.5. The SMILES string of the molecule is CC(C)CN1CCC[C@H](n2nc(C(=O)N3CCOCC3)c3c2-c2cccnc2S(=O)(=O)C3)C1. The molecule has 33 heavy (non-hydrogen) atoms. The van der Waals surface area contributed by atoms with Crippen LogP contribution in [-0.2, 0) is 20.3 Å². The summed E-state index contributed by atoms with van der Waals surface area (Å²) in [5.74, 6) is 0.0923. The first-order valence-corrected chi connectivity index (χ1v) is 13.4. The maximum atomic E-state index is 13.5. The van der Waals surface area contributed by atoms with Crippen LogP contribution in [0.2, 0.25) is 0 Å². The minimum Gasteiger partial charge on any atom is -0.378 e. The first-order valence-electron chi connectivity index (χ1n) is 11.7. The third kappa shape index (κ3) is 4.20. The summed E-state index contributed by atoms with van der Waals surface area (Å²) in [5.41, 5.74) is 2.05. The van der Waals surface area contributed by atoms with Crippen LogP contribution in [0.15, 0.2) is 23.4 Å². The van der Waals surface area contributed by atoms with Crippen LogP contribution >= 0.6 is 0 Å². The van der Waals surface area contributed by atoms with Crippen LogP contribution < -0.4 is 0 Å². The maximum absolute atomic E-state index is 13.5. The van der Waals surface area contributed by atoms with Gasteiger partial charge in [-0.3, -0.25) is 9.48 Å². The normalized spacial score (nSPS) is 22.8. The summed E-state index contributed by atoms with van der Waals surface area (Å²) in [4.78, 5) is 21.8. The van der Waals surface area contributed by atoms with E-state index in [0.717, 1.165) is 38.2 Å². The summed E-state index contributed by atoms with van der Waals surface area (Å²) in [6, 6.07) is 3.61. The second kappa shape index (κ2) is 8.81. The molecule has 3 aliphatic heterocycles. The molecular formula is C23H31N5O4S. The molecule has 2 aromatic rings. The molecule has 5 heterocycles. The number of hydrogen-bond donors (Lipinski definition) is 0. The van der Waals surface area contributed by atoms with Gasteiger partial charge in [-0.2, -0.15) is 5.10 Å². The summed E-state index contributed by atoms with van der Waals surface area (Å²) < 4.78 is 33.5. The Morgan fingerprint density at radius 1 is 1.24 bits per heavy atom. The summed E-state index contributed by atoms with van der Waals surface area (Å²) in [6.45, 7) is 9.24. The van der Waals surface area contributed by atoms with Crippen LogP contribution in [0.4, 0.5) is 0 Å². The number of nitrogens with zero attached hydrogens (tertiary/aromatic N) is 5. The number of morpholine rings is 1. The van der Waals surface area contributed by atoms with Crippen molar-refractivity contribution < 1.29 is 17.9 Å². The minimum atomic E-state index is -3.66. The largest absolute Gasteiger partial charge is 0.378 e. The van der Waals surface area contributed by atoms with Gasteiger partial charge in [0.2, 0.25) is 9.84 Å². The highest BCUT2D eigenvalue weighted by Crippen LogP contribution is 2.41. The lowest BCUT2D eigenvalue weighted by Gasteiger charge is -2.34. The van der Waals surface area contributed by atoms with Crippen LogP contribution in [0.5, 0.6) is 0 Å². The number of hydrogen-bond acceptors (Lipinski definition) is 7. The van der Waals surface area contributed by atoms with E-state index in [2.05, 4.69) is 23.7 Å². The molecule has 0 N–H and O–H groups in total. The highest BCUT2D eigenvalue weighted by atomic mass is 32.2. The van der Waals surface area contributed by atoms with Gasteiger partial charge in [-0.1, -0.05) is 13.8 Å². The smallest absolute Gasteiger partial charge is 0.274 e. The van der Waals surface area contributed by atoms with E-state index >= 15 is 0 Å². The minimum absolute atomic E-state index is 0.0753. The quantitative estimate of drug-likeness (QED) is 0.670. The topological polar surface area (TPSA) is 97.6 Å². The average Bonchev–Trinajstić information content (AvgIpc) is 3.17. The van der Waals surface area contributed by atoms with Crippen molar-refractivity contribution in [3.8, 4) is 11.3 Å². The van der Waals surface area contributed by atoms with Gasteiger partial charge in [-0.05, 0) is 37.4 Å². The predicted molar refractivity (Wildman–Crippen MR) is 123 cm³/mol. The molecule has 0 radical (unpaired) electrons. The standard InChI is InChI=1S/C23H31N5O4S/c1-16(2)13-26-8-4-5-17(14-26)28-21-18-6-3-7-24-22(18)33(30,31)15-19(21)20(25-28)23(29)27-9-11-32-12-10-27/h3,6-7,16-17H,4-5,8-15H2,1-2H3/t17-/m0/s1. The molecule has 0 spiro atoms. The van der Waals surface area contributed by atoms with Crippen molar-refractivity contribution in [1.82, 2.24) is 24.6 Å². The fraction of sp³-hybridized carbons (Fsp3) is 0.609. The number of piperidine rings is 1. The number of fused-ring (bicyclic) bond motifs is 3. The number of amides is 1. The van der Waals surface area contributed by atoms with E-state index in [1.54, 1.807) is 17.0 Å². The fourth-order valence-electron chi connectivity index (χ4n) is 5.23. The molecule has 2 saturated heterocycles. The Kier molecular flexibility index (Phi) is 6.00. The van der Waals surface area contributed by atoms with E-state index < -0.39 is 9.84 Å². The number of rotatable bonds is 4. The van der Waals surface area contributed by atoms with Crippen LogP contribution in [0.25, 0.3) is 11.3 Å². The molecule has 2 aromatic heterocycles. The summed E-state index contributed by atoms with van der Waals surface area (Å²) in [6.07, 6.45) is 3.49. The lowest BCUT2D eigenvalue weighted by atomic mass is 10.0. The van der Waals surface area contributed by atoms with Crippen molar-refractivity contribution in [2.24, 2.45) is 5.92 Å². The van der Waals surface area contributed by atoms with Crippen molar-refractivity contribution in [2.75, 3.05) is 45.9 Å². The molecule has 10 heteroatoms. The van der Waals surface area contributed by atoms with Crippen molar-refractivity contribution in [3.05, 3.63) is 29.6 Å². The van der Waals surface area contributed by atoms with Crippen molar-refractivity contribution in [1.29, 1.82) is 0 Å². The Bertz CT molecular complexity index is 1150. The van der Waals surface area contributed by atoms with Crippen LogP contribution in [0.1, 0.15) is 48.8 Å². The summed E-state index contributed by atoms with van der Waals surface area (Å²) >= 11 is 0. The van der Waals surface area contributed by atoms with Gasteiger partial charge in [0.05, 0.1) is 30.7 Å². The number of ether oxygens (including phenoxy) is 1. The van der Waals surface area contributed by atoms with E-state index in [0.29, 0.717) is 43.3 Å². The molecule has 0 saturated carbocycles. The molecule has 9 nitrogen and oxygen atoms in total. The van der Waals surface area contributed by atoms with Gasteiger partial charge < -0.3 is 14.5 Å². The number of sulfone groups is 1. The maximum Gasteiger partial charge on any atom is 0.274 e. The van der Waals surface area contributed by atoms with Crippen LogP contribution in [0, 0.1) is 5.92 Å². The highest BCUT2D eigenvalue weighted by Gasteiger charge is 2.39. The second-order valence-corrected chi connectivity index (χ2v) is 11.5. The Labute approximate surface area is 194 Å².